The van der Waals surface area contributed by atoms with E-state index in [0.717, 1.165) is 43.1 Å². The van der Waals surface area contributed by atoms with Crippen molar-refractivity contribution in [1.82, 2.24) is 15.0 Å². The molecular weight excluding hydrogens is 378 g/mol. The average molecular weight is 400 g/mol. The number of nitrogens with one attached hydrogen (secondary N) is 1. The molecular formula is C20H22ClN5O2. The fourth-order valence-electron chi connectivity index (χ4n) is 3.31. The largest absolute Gasteiger partial charge is 0.378 e. The maximum atomic E-state index is 11.3. The average Bonchev–Trinajstić information content (AvgIpc) is 3.09. The second kappa shape index (κ2) is 7.77. The molecule has 1 amide bonds. The molecule has 146 valence electrons. The van der Waals surface area contributed by atoms with Gasteiger partial charge in [-0.1, -0.05) is 30.7 Å². The number of ether oxygens (including phenoxy) is 1. The summed E-state index contributed by atoms with van der Waals surface area (Å²) in [5, 5.41) is 0.546. The Morgan fingerprint density at radius 2 is 2.00 bits per heavy atom. The Balaban J connectivity index is 1.61. The Labute approximate surface area is 167 Å². The van der Waals surface area contributed by atoms with E-state index in [2.05, 4.69) is 32.0 Å². The molecule has 3 aromatic rings. The maximum absolute atomic E-state index is 11.3. The van der Waals surface area contributed by atoms with Gasteiger partial charge in [0.25, 0.3) is 0 Å². The number of nitrogens with zero attached hydrogens (tertiary/aromatic N) is 3. The number of halogens is 1. The number of imidazole rings is 1. The summed E-state index contributed by atoms with van der Waals surface area (Å²) in [5.41, 5.74) is 9.43. The summed E-state index contributed by atoms with van der Waals surface area (Å²) in [7, 11) is 0. The smallest absolute Gasteiger partial charge is 0.220 e. The Morgan fingerprint density at radius 1 is 1.29 bits per heavy atom. The highest BCUT2D eigenvalue weighted by Crippen LogP contribution is 2.30. The molecule has 0 aliphatic carbocycles. The third-order valence-corrected chi connectivity index (χ3v) is 5.27. The first-order valence-electron chi connectivity index (χ1n) is 9.29. The molecule has 4 rings (SSSR count). The molecule has 1 unspecified atom stereocenters. The molecule has 28 heavy (non-hydrogen) atoms. The van der Waals surface area contributed by atoms with E-state index >= 15 is 0 Å². The number of pyridine rings is 1. The van der Waals surface area contributed by atoms with Crippen LogP contribution in [0.3, 0.4) is 0 Å². The van der Waals surface area contributed by atoms with Crippen molar-refractivity contribution in [2.24, 2.45) is 11.7 Å². The third-order valence-electron chi connectivity index (χ3n) is 4.98. The molecule has 0 radical (unpaired) electrons. The van der Waals surface area contributed by atoms with Gasteiger partial charge in [0.15, 0.2) is 5.65 Å². The number of hydrogen-bond donors (Lipinski definition) is 2. The quantitative estimate of drug-likeness (QED) is 0.687. The number of nitrogens with two attached hydrogens (primary N) is 1. The van der Waals surface area contributed by atoms with Crippen LogP contribution in [0.2, 0.25) is 5.02 Å². The standard InChI is InChI=1S/C20H22ClN5O2/c1-12(19(22)27)10-17-23-16-11-15(21)18(25-20(16)24-17)13-2-4-14(5-3-13)26-6-8-28-9-7-26/h2-5,11-12H,6-10H2,1H3,(H2,22,27)(H,23,24,25). The van der Waals surface area contributed by atoms with Crippen molar-refractivity contribution < 1.29 is 9.53 Å². The van der Waals surface area contributed by atoms with E-state index in [9.17, 15) is 4.79 Å². The number of anilines is 1. The van der Waals surface area contributed by atoms with Gasteiger partial charge >= 0.3 is 0 Å². The lowest BCUT2D eigenvalue weighted by Gasteiger charge is -2.28. The van der Waals surface area contributed by atoms with Crippen molar-refractivity contribution in [1.29, 1.82) is 0 Å². The Hall–Kier alpha value is -2.64. The molecule has 1 aliphatic rings. The van der Waals surface area contributed by atoms with Crippen LogP contribution < -0.4 is 10.6 Å². The van der Waals surface area contributed by atoms with Gasteiger partial charge in [-0.05, 0) is 18.2 Å². The lowest BCUT2D eigenvalue weighted by atomic mass is 10.1. The first-order chi connectivity index (χ1) is 13.5. The van der Waals surface area contributed by atoms with Crippen LogP contribution in [0.1, 0.15) is 12.7 Å². The first kappa shape index (κ1) is 18.7. The van der Waals surface area contributed by atoms with E-state index in [1.165, 1.54) is 0 Å². The van der Waals surface area contributed by atoms with Crippen LogP contribution in [0, 0.1) is 5.92 Å². The van der Waals surface area contributed by atoms with Crippen LogP contribution in [0.5, 0.6) is 0 Å². The zero-order valence-corrected chi connectivity index (χ0v) is 16.4. The van der Waals surface area contributed by atoms with Gasteiger partial charge in [0, 0.05) is 36.7 Å². The first-order valence-corrected chi connectivity index (χ1v) is 9.66. The van der Waals surface area contributed by atoms with Crippen molar-refractivity contribution in [3.8, 4) is 11.3 Å². The van der Waals surface area contributed by atoms with Gasteiger partial charge in [-0.25, -0.2) is 9.97 Å². The van der Waals surface area contributed by atoms with Crippen molar-refractivity contribution in [3.05, 3.63) is 41.2 Å². The van der Waals surface area contributed by atoms with Crippen LogP contribution in [0.4, 0.5) is 5.69 Å². The molecule has 1 fully saturated rings. The fraction of sp³-hybridized carbons (Fsp3) is 0.350. The zero-order valence-electron chi connectivity index (χ0n) is 15.6. The van der Waals surface area contributed by atoms with E-state index in [4.69, 9.17) is 22.1 Å². The molecule has 1 saturated heterocycles. The van der Waals surface area contributed by atoms with E-state index in [1.807, 2.05) is 18.2 Å². The molecule has 7 nitrogen and oxygen atoms in total. The number of carbonyl (C=O) groups is 1. The molecule has 0 bridgehead atoms. The van der Waals surface area contributed by atoms with Gasteiger partial charge in [-0.15, -0.1) is 0 Å². The zero-order chi connectivity index (χ0) is 19.7. The molecule has 1 atom stereocenters. The normalized spacial score (nSPS) is 15.7. The fourth-order valence-corrected chi connectivity index (χ4v) is 3.57. The SMILES string of the molecule is CC(Cc1nc2nc(-c3ccc(N4CCOCC4)cc3)c(Cl)cc2[nH]1)C(N)=O. The molecule has 8 heteroatoms. The number of hydrogen-bond acceptors (Lipinski definition) is 5. The van der Waals surface area contributed by atoms with Crippen LogP contribution in [-0.2, 0) is 16.0 Å². The Morgan fingerprint density at radius 3 is 2.68 bits per heavy atom. The summed E-state index contributed by atoms with van der Waals surface area (Å²) in [6.45, 7) is 5.06. The Bertz CT molecular complexity index is 996. The highest BCUT2D eigenvalue weighted by atomic mass is 35.5. The van der Waals surface area contributed by atoms with E-state index in [1.54, 1.807) is 6.92 Å². The van der Waals surface area contributed by atoms with Gasteiger partial charge in [-0.3, -0.25) is 4.79 Å². The van der Waals surface area contributed by atoms with Gasteiger partial charge < -0.3 is 20.4 Å². The van der Waals surface area contributed by atoms with Crippen molar-refractivity contribution in [3.63, 3.8) is 0 Å². The number of rotatable bonds is 5. The number of carbonyl (C=O) groups excluding carboxylic acids is 1. The number of morpholine rings is 1. The van der Waals surface area contributed by atoms with E-state index in [0.29, 0.717) is 28.6 Å². The number of fused-ring (bicyclic) bond motifs is 1. The third kappa shape index (κ3) is 3.81. The summed E-state index contributed by atoms with van der Waals surface area (Å²) in [6.07, 6.45) is 0.437. The topological polar surface area (TPSA) is 97.1 Å². The monoisotopic (exact) mass is 399 g/mol. The lowest BCUT2D eigenvalue weighted by molar-refractivity contribution is -0.121. The van der Waals surface area contributed by atoms with Crippen LogP contribution in [0.15, 0.2) is 30.3 Å². The predicted octanol–water partition coefficient (Wildman–Crippen LogP) is 2.78. The summed E-state index contributed by atoms with van der Waals surface area (Å²) in [5.74, 6) is 0.0143. The van der Waals surface area contributed by atoms with Crippen molar-refractivity contribution in [2.45, 2.75) is 13.3 Å². The lowest BCUT2D eigenvalue weighted by Crippen LogP contribution is -2.36. The number of H-pyrrole nitrogens is 1. The molecule has 1 aromatic carbocycles. The van der Waals surface area contributed by atoms with E-state index in [-0.39, 0.29) is 11.8 Å². The van der Waals surface area contributed by atoms with Gasteiger partial charge in [-0.2, -0.15) is 0 Å². The van der Waals surface area contributed by atoms with Crippen LogP contribution >= 0.6 is 11.6 Å². The molecule has 2 aromatic heterocycles. The number of aromatic amines is 1. The summed E-state index contributed by atoms with van der Waals surface area (Å²) in [6, 6.07) is 10.0. The maximum Gasteiger partial charge on any atom is 0.220 e. The van der Waals surface area contributed by atoms with Crippen molar-refractivity contribution >= 4 is 34.4 Å². The summed E-state index contributed by atoms with van der Waals surface area (Å²) < 4.78 is 5.41. The summed E-state index contributed by atoms with van der Waals surface area (Å²) >= 11 is 6.48. The predicted molar refractivity (Wildman–Crippen MR) is 109 cm³/mol. The van der Waals surface area contributed by atoms with Gasteiger partial charge in [0.05, 0.1) is 29.4 Å². The number of amides is 1. The Kier molecular flexibility index (Phi) is 5.19. The molecule has 3 N–H and O–H groups in total. The second-order valence-electron chi connectivity index (χ2n) is 7.03. The minimum atomic E-state index is -0.354. The second-order valence-corrected chi connectivity index (χ2v) is 7.43. The van der Waals surface area contributed by atoms with Gasteiger partial charge in [0.1, 0.15) is 5.82 Å². The summed E-state index contributed by atoms with van der Waals surface area (Å²) in [4.78, 5) is 25.9. The number of primary amides is 1. The van der Waals surface area contributed by atoms with Crippen LogP contribution in [-0.4, -0.2) is 47.2 Å². The highest BCUT2D eigenvalue weighted by Gasteiger charge is 2.16. The number of aromatic nitrogens is 3. The minimum Gasteiger partial charge on any atom is -0.378 e. The highest BCUT2D eigenvalue weighted by molar-refractivity contribution is 6.33. The van der Waals surface area contributed by atoms with Gasteiger partial charge in [0.2, 0.25) is 5.91 Å². The molecule has 0 saturated carbocycles. The molecule has 3 heterocycles. The van der Waals surface area contributed by atoms with Crippen molar-refractivity contribution in [2.75, 3.05) is 31.2 Å². The number of benzene rings is 1. The minimum absolute atomic E-state index is 0.303. The molecule has 0 spiro atoms. The van der Waals surface area contributed by atoms with E-state index < -0.39 is 0 Å². The van der Waals surface area contributed by atoms with Crippen LogP contribution in [0.25, 0.3) is 22.4 Å². The molecule has 1 aliphatic heterocycles.